The largest absolute Gasteiger partial charge is 0.356 e. The molecule has 0 saturated carbocycles. The van der Waals surface area contributed by atoms with E-state index in [0.717, 1.165) is 34.1 Å². The summed E-state index contributed by atoms with van der Waals surface area (Å²) in [5.41, 5.74) is 9.28. The zero-order valence-corrected chi connectivity index (χ0v) is 21.7. The molecule has 0 aliphatic rings. The molecule has 0 atom stereocenters. The van der Waals surface area contributed by atoms with Crippen molar-refractivity contribution in [2.45, 2.75) is 52.4 Å². The van der Waals surface area contributed by atoms with E-state index in [4.69, 9.17) is 0 Å². The highest BCUT2D eigenvalue weighted by Gasteiger charge is 2.20. The third-order valence-corrected chi connectivity index (χ3v) is 6.05. The van der Waals surface area contributed by atoms with Gasteiger partial charge in [-0.2, -0.15) is 0 Å². The molecule has 4 aromatic carbocycles. The third kappa shape index (κ3) is 6.66. The Bertz CT molecular complexity index is 1230. The van der Waals surface area contributed by atoms with E-state index in [0.29, 0.717) is 0 Å². The first-order valence-electron chi connectivity index (χ1n) is 12.3. The molecule has 0 aliphatic heterocycles. The summed E-state index contributed by atoms with van der Waals surface area (Å²) in [5.74, 6) is 0. The molecule has 3 nitrogen and oxygen atoms in total. The summed E-state index contributed by atoms with van der Waals surface area (Å²) in [5, 5.41) is 10.6. The van der Waals surface area contributed by atoms with Crippen LogP contribution in [0, 0.1) is 0 Å². The molecule has 180 valence electrons. The zero-order chi connectivity index (χ0) is 25.1. The van der Waals surface area contributed by atoms with Gasteiger partial charge >= 0.3 is 0 Å². The van der Waals surface area contributed by atoms with Gasteiger partial charge in [0.1, 0.15) is 0 Å². The minimum absolute atomic E-state index is 0.0926. The van der Waals surface area contributed by atoms with Crippen LogP contribution >= 0.6 is 0 Å². The van der Waals surface area contributed by atoms with Crippen molar-refractivity contribution in [1.82, 2.24) is 0 Å². The monoisotopic (exact) mass is 463 g/mol. The Hall–Kier alpha value is -3.72. The smallest absolute Gasteiger partial charge is 0.0405 e. The third-order valence-electron chi connectivity index (χ3n) is 6.05. The Morgan fingerprint density at radius 3 is 1.23 bits per heavy atom. The molecular weight excluding hydrogens is 426 g/mol. The van der Waals surface area contributed by atoms with Crippen molar-refractivity contribution in [2.24, 2.45) is 0 Å². The van der Waals surface area contributed by atoms with Crippen molar-refractivity contribution in [3.63, 3.8) is 0 Å². The molecule has 0 heterocycles. The van der Waals surface area contributed by atoms with Gasteiger partial charge in [0, 0.05) is 34.1 Å². The minimum atomic E-state index is 0.0926. The zero-order valence-electron chi connectivity index (χ0n) is 21.7. The number of hydrogen-bond acceptors (Lipinski definition) is 3. The van der Waals surface area contributed by atoms with Crippen LogP contribution in [-0.4, -0.2) is 0 Å². The molecule has 0 aromatic heterocycles. The highest BCUT2D eigenvalue weighted by Crippen LogP contribution is 2.33. The van der Waals surface area contributed by atoms with Crippen LogP contribution in [0.4, 0.5) is 34.1 Å². The summed E-state index contributed by atoms with van der Waals surface area (Å²) >= 11 is 0. The molecule has 0 unspecified atom stereocenters. The first-order chi connectivity index (χ1) is 16.6. The summed E-state index contributed by atoms with van der Waals surface area (Å²) in [6.07, 6.45) is 0. The predicted molar refractivity (Wildman–Crippen MR) is 153 cm³/mol. The minimum Gasteiger partial charge on any atom is -0.356 e. The molecule has 0 amide bonds. The first kappa shape index (κ1) is 24.4. The summed E-state index contributed by atoms with van der Waals surface area (Å²) in [6, 6.07) is 33.9. The fourth-order valence-electron chi connectivity index (χ4n) is 3.90. The van der Waals surface area contributed by atoms with Crippen molar-refractivity contribution in [3.8, 4) is 0 Å². The average Bonchev–Trinajstić information content (AvgIpc) is 2.80. The van der Waals surface area contributed by atoms with Crippen LogP contribution < -0.4 is 16.0 Å². The molecule has 0 aliphatic carbocycles. The number of benzene rings is 4. The summed E-state index contributed by atoms with van der Waals surface area (Å²) in [6.45, 7) is 13.6. The number of nitrogens with one attached hydrogen (secondary N) is 3. The summed E-state index contributed by atoms with van der Waals surface area (Å²) < 4.78 is 0. The topological polar surface area (TPSA) is 36.1 Å². The fraction of sp³-hybridized carbons (Fsp3) is 0.250. The highest BCUT2D eigenvalue weighted by atomic mass is 14.9. The van der Waals surface area contributed by atoms with Crippen molar-refractivity contribution >= 4 is 34.1 Å². The lowest BCUT2D eigenvalue weighted by atomic mass is 9.80. The molecule has 0 saturated heterocycles. The standard InChI is InChI=1S/C32H37N3/c1-31(2,3)23-19-24(32(4,5)6)21-30(20-23)35-27-17-15-26(16-18-27)34-29-14-10-13-28(22-29)33-25-11-8-7-9-12-25/h7-22,33-35H,1-6H3. The fourth-order valence-corrected chi connectivity index (χ4v) is 3.90. The van der Waals surface area contributed by atoms with E-state index in [2.05, 4.69) is 136 Å². The van der Waals surface area contributed by atoms with E-state index >= 15 is 0 Å². The molecule has 3 heteroatoms. The van der Waals surface area contributed by atoms with Gasteiger partial charge in [-0.1, -0.05) is 71.9 Å². The van der Waals surface area contributed by atoms with E-state index in [9.17, 15) is 0 Å². The molecule has 0 radical (unpaired) electrons. The van der Waals surface area contributed by atoms with Crippen molar-refractivity contribution < 1.29 is 0 Å². The Morgan fingerprint density at radius 2 is 0.771 bits per heavy atom. The lowest BCUT2D eigenvalue weighted by Crippen LogP contribution is -2.16. The van der Waals surface area contributed by atoms with Crippen LogP contribution in [0.3, 0.4) is 0 Å². The lowest BCUT2D eigenvalue weighted by Gasteiger charge is -2.26. The molecule has 0 bridgehead atoms. The Labute approximate surface area is 210 Å². The van der Waals surface area contributed by atoms with E-state index in [1.807, 2.05) is 18.2 Å². The van der Waals surface area contributed by atoms with Gasteiger partial charge in [0.25, 0.3) is 0 Å². The van der Waals surface area contributed by atoms with Crippen LogP contribution in [0.5, 0.6) is 0 Å². The number of hydrogen-bond donors (Lipinski definition) is 3. The van der Waals surface area contributed by atoms with Gasteiger partial charge in [-0.3, -0.25) is 0 Å². The molecule has 35 heavy (non-hydrogen) atoms. The van der Waals surface area contributed by atoms with Crippen molar-refractivity contribution in [2.75, 3.05) is 16.0 Å². The van der Waals surface area contributed by atoms with E-state index < -0.39 is 0 Å². The summed E-state index contributed by atoms with van der Waals surface area (Å²) in [7, 11) is 0. The van der Waals surface area contributed by atoms with Gasteiger partial charge < -0.3 is 16.0 Å². The number of rotatable bonds is 6. The van der Waals surface area contributed by atoms with E-state index in [-0.39, 0.29) is 10.8 Å². The normalized spacial score (nSPS) is 11.7. The Kier molecular flexibility index (Phi) is 6.88. The number of para-hydroxylation sites is 1. The second-order valence-corrected chi connectivity index (χ2v) is 11.2. The van der Waals surface area contributed by atoms with Gasteiger partial charge in [-0.05, 0) is 88.7 Å². The average molecular weight is 464 g/mol. The van der Waals surface area contributed by atoms with Crippen LogP contribution in [-0.2, 0) is 10.8 Å². The van der Waals surface area contributed by atoms with Gasteiger partial charge in [-0.15, -0.1) is 0 Å². The second kappa shape index (κ2) is 9.87. The maximum Gasteiger partial charge on any atom is 0.0405 e. The van der Waals surface area contributed by atoms with Crippen LogP contribution in [0.1, 0.15) is 52.7 Å². The van der Waals surface area contributed by atoms with Crippen LogP contribution in [0.25, 0.3) is 0 Å². The van der Waals surface area contributed by atoms with Crippen LogP contribution in [0.15, 0.2) is 97.1 Å². The molecule has 4 rings (SSSR count). The maximum absolute atomic E-state index is 3.62. The van der Waals surface area contributed by atoms with Crippen molar-refractivity contribution in [1.29, 1.82) is 0 Å². The maximum atomic E-state index is 3.62. The quantitative estimate of drug-likeness (QED) is 0.266. The molecule has 0 fully saturated rings. The van der Waals surface area contributed by atoms with Gasteiger partial charge in [-0.25, -0.2) is 0 Å². The Morgan fingerprint density at radius 1 is 0.371 bits per heavy atom. The lowest BCUT2D eigenvalue weighted by molar-refractivity contribution is 0.569. The second-order valence-electron chi connectivity index (χ2n) is 11.2. The highest BCUT2D eigenvalue weighted by molar-refractivity contribution is 5.70. The molecule has 0 spiro atoms. The van der Waals surface area contributed by atoms with Crippen molar-refractivity contribution in [3.05, 3.63) is 108 Å². The molecule has 3 N–H and O–H groups in total. The van der Waals surface area contributed by atoms with E-state index in [1.54, 1.807) is 0 Å². The van der Waals surface area contributed by atoms with Gasteiger partial charge in [0.05, 0.1) is 0 Å². The van der Waals surface area contributed by atoms with E-state index in [1.165, 1.54) is 11.1 Å². The Balaban J connectivity index is 1.48. The van der Waals surface area contributed by atoms with Crippen LogP contribution in [0.2, 0.25) is 0 Å². The summed E-state index contributed by atoms with van der Waals surface area (Å²) in [4.78, 5) is 0. The van der Waals surface area contributed by atoms with Gasteiger partial charge in [0.15, 0.2) is 0 Å². The van der Waals surface area contributed by atoms with Gasteiger partial charge in [0.2, 0.25) is 0 Å². The number of anilines is 6. The SMILES string of the molecule is CC(C)(C)c1cc(Nc2ccc(Nc3cccc(Nc4ccccc4)c3)cc2)cc(C(C)(C)C)c1. The molecular formula is C32H37N3. The molecule has 4 aromatic rings. The predicted octanol–water partition coefficient (Wildman–Crippen LogP) is 9.51. The first-order valence-corrected chi connectivity index (χ1v) is 12.3.